The number of aromatic nitrogens is 3. The van der Waals surface area contributed by atoms with Crippen molar-refractivity contribution >= 4 is 22.5 Å². The SMILES string of the molecule is O=C(CCn1cnc2ccccc2c1=O)Nc1ccc[nH]c1=O. The fourth-order valence-electron chi connectivity index (χ4n) is 2.22. The molecule has 23 heavy (non-hydrogen) atoms. The molecule has 3 aromatic rings. The van der Waals surface area contributed by atoms with E-state index in [9.17, 15) is 14.4 Å². The molecule has 0 radical (unpaired) electrons. The summed E-state index contributed by atoms with van der Waals surface area (Å²) in [7, 11) is 0. The van der Waals surface area contributed by atoms with Gasteiger partial charge in [0.15, 0.2) is 0 Å². The first-order valence-electron chi connectivity index (χ1n) is 7.07. The summed E-state index contributed by atoms with van der Waals surface area (Å²) in [6.07, 6.45) is 2.97. The maximum atomic E-state index is 12.3. The summed E-state index contributed by atoms with van der Waals surface area (Å²) in [6, 6.07) is 10.2. The average molecular weight is 310 g/mol. The number of nitrogens with one attached hydrogen (secondary N) is 2. The summed E-state index contributed by atoms with van der Waals surface area (Å²) in [4.78, 5) is 42.4. The molecule has 1 aromatic carbocycles. The maximum absolute atomic E-state index is 12.3. The quantitative estimate of drug-likeness (QED) is 0.754. The molecule has 2 N–H and O–H groups in total. The lowest BCUT2D eigenvalue weighted by atomic mass is 10.2. The first-order chi connectivity index (χ1) is 11.1. The lowest BCUT2D eigenvalue weighted by molar-refractivity contribution is -0.116. The Bertz CT molecular complexity index is 974. The number of nitrogens with zero attached hydrogens (tertiary/aromatic N) is 2. The van der Waals surface area contributed by atoms with Gasteiger partial charge < -0.3 is 10.3 Å². The van der Waals surface area contributed by atoms with Crippen molar-refractivity contribution in [3.05, 3.63) is 69.6 Å². The van der Waals surface area contributed by atoms with Crippen molar-refractivity contribution in [3.63, 3.8) is 0 Å². The number of rotatable bonds is 4. The van der Waals surface area contributed by atoms with Crippen LogP contribution in [0, 0.1) is 0 Å². The number of amides is 1. The predicted octanol–water partition coefficient (Wildman–Crippen LogP) is 1.11. The molecule has 1 amide bonds. The highest BCUT2D eigenvalue weighted by atomic mass is 16.2. The molecule has 0 aliphatic heterocycles. The van der Waals surface area contributed by atoms with Gasteiger partial charge in [-0.1, -0.05) is 12.1 Å². The molecule has 0 bridgehead atoms. The van der Waals surface area contributed by atoms with Crippen LogP contribution in [0.2, 0.25) is 0 Å². The number of carbonyl (C=O) groups excluding carboxylic acids is 1. The van der Waals surface area contributed by atoms with E-state index < -0.39 is 0 Å². The zero-order valence-corrected chi connectivity index (χ0v) is 12.2. The zero-order chi connectivity index (χ0) is 16.2. The second kappa shape index (κ2) is 6.27. The molecule has 2 aromatic heterocycles. The standard InChI is InChI=1S/C16H14N4O3/c21-14(19-13-6-3-8-17-15(13)22)7-9-20-10-18-12-5-2-1-4-11(12)16(20)23/h1-6,8,10H,7,9H2,(H,17,22)(H,19,21). The van der Waals surface area contributed by atoms with Gasteiger partial charge in [0, 0.05) is 19.2 Å². The molecule has 0 unspecified atom stereocenters. The molecular weight excluding hydrogens is 296 g/mol. The van der Waals surface area contributed by atoms with Crippen molar-refractivity contribution in [2.45, 2.75) is 13.0 Å². The third-order valence-electron chi connectivity index (χ3n) is 3.40. The third kappa shape index (κ3) is 3.18. The number of hydrogen-bond donors (Lipinski definition) is 2. The highest BCUT2D eigenvalue weighted by Crippen LogP contribution is 2.05. The van der Waals surface area contributed by atoms with Crippen LogP contribution in [0.3, 0.4) is 0 Å². The van der Waals surface area contributed by atoms with Crippen LogP contribution < -0.4 is 16.4 Å². The highest BCUT2D eigenvalue weighted by molar-refractivity contribution is 5.90. The molecule has 0 fully saturated rings. The molecule has 7 heteroatoms. The van der Waals surface area contributed by atoms with E-state index in [0.717, 1.165) is 0 Å². The van der Waals surface area contributed by atoms with E-state index in [1.807, 2.05) is 6.07 Å². The molecule has 0 spiro atoms. The second-order valence-corrected chi connectivity index (χ2v) is 4.97. The Morgan fingerprint density at radius 1 is 1.17 bits per heavy atom. The van der Waals surface area contributed by atoms with Crippen LogP contribution in [0.15, 0.2) is 58.5 Å². The summed E-state index contributed by atoms with van der Waals surface area (Å²) < 4.78 is 1.39. The van der Waals surface area contributed by atoms with E-state index in [1.165, 1.54) is 23.2 Å². The monoisotopic (exact) mass is 310 g/mol. The molecule has 2 heterocycles. The summed E-state index contributed by atoms with van der Waals surface area (Å²) in [5, 5.41) is 3.03. The molecule has 0 atom stereocenters. The molecule has 0 saturated carbocycles. The number of fused-ring (bicyclic) bond motifs is 1. The van der Waals surface area contributed by atoms with Gasteiger partial charge in [-0.25, -0.2) is 4.98 Å². The summed E-state index contributed by atoms with van der Waals surface area (Å²) in [6.45, 7) is 0.188. The largest absolute Gasteiger partial charge is 0.327 e. The van der Waals surface area contributed by atoms with E-state index >= 15 is 0 Å². The minimum absolute atomic E-state index is 0.0638. The molecule has 7 nitrogen and oxygen atoms in total. The normalized spacial score (nSPS) is 10.6. The van der Waals surface area contributed by atoms with Crippen LogP contribution in [0.1, 0.15) is 6.42 Å². The Morgan fingerprint density at radius 2 is 2.00 bits per heavy atom. The number of hydrogen-bond acceptors (Lipinski definition) is 4. The lowest BCUT2D eigenvalue weighted by Crippen LogP contribution is -2.25. The van der Waals surface area contributed by atoms with Gasteiger partial charge in [0.1, 0.15) is 5.69 Å². The molecule has 116 valence electrons. The van der Waals surface area contributed by atoms with Crippen LogP contribution in [0.4, 0.5) is 5.69 Å². The number of aryl methyl sites for hydroxylation is 1. The lowest BCUT2D eigenvalue weighted by Gasteiger charge is -2.07. The van der Waals surface area contributed by atoms with Gasteiger partial charge in [0.2, 0.25) is 5.91 Å². The Labute approximate surface area is 130 Å². The summed E-state index contributed by atoms with van der Waals surface area (Å²) >= 11 is 0. The van der Waals surface area contributed by atoms with Gasteiger partial charge in [-0.05, 0) is 24.3 Å². The molecule has 3 rings (SSSR count). The summed E-state index contributed by atoms with van der Waals surface area (Å²) in [5.74, 6) is -0.346. The Hall–Kier alpha value is -3.22. The number of pyridine rings is 1. The number of para-hydroxylation sites is 1. The number of aromatic amines is 1. The third-order valence-corrected chi connectivity index (χ3v) is 3.40. The van der Waals surface area contributed by atoms with E-state index in [-0.39, 0.29) is 35.7 Å². The van der Waals surface area contributed by atoms with Gasteiger partial charge in [-0.2, -0.15) is 0 Å². The van der Waals surface area contributed by atoms with E-state index in [0.29, 0.717) is 10.9 Å². The fraction of sp³-hybridized carbons (Fsp3) is 0.125. The molecule has 0 saturated heterocycles. The predicted molar refractivity (Wildman–Crippen MR) is 86.3 cm³/mol. The van der Waals surface area contributed by atoms with Gasteiger partial charge in [-0.3, -0.25) is 19.0 Å². The van der Waals surface area contributed by atoms with E-state index in [1.54, 1.807) is 24.3 Å². The van der Waals surface area contributed by atoms with Crippen molar-refractivity contribution in [2.75, 3.05) is 5.32 Å². The Balaban J connectivity index is 1.72. The molecule has 0 aliphatic rings. The van der Waals surface area contributed by atoms with Crippen molar-refractivity contribution in [2.24, 2.45) is 0 Å². The maximum Gasteiger partial charge on any atom is 0.271 e. The van der Waals surface area contributed by atoms with Crippen LogP contribution >= 0.6 is 0 Å². The van der Waals surface area contributed by atoms with Crippen LogP contribution in [0.25, 0.3) is 10.9 Å². The van der Waals surface area contributed by atoms with E-state index in [2.05, 4.69) is 15.3 Å². The van der Waals surface area contributed by atoms with Crippen molar-refractivity contribution < 1.29 is 4.79 Å². The van der Waals surface area contributed by atoms with Crippen molar-refractivity contribution in [3.8, 4) is 0 Å². The molecular formula is C16H14N4O3. The van der Waals surface area contributed by atoms with Crippen LogP contribution in [-0.2, 0) is 11.3 Å². The number of carbonyl (C=O) groups is 1. The second-order valence-electron chi connectivity index (χ2n) is 4.97. The molecule has 0 aliphatic carbocycles. The van der Waals surface area contributed by atoms with Gasteiger partial charge in [0.25, 0.3) is 11.1 Å². The van der Waals surface area contributed by atoms with Crippen LogP contribution in [0.5, 0.6) is 0 Å². The van der Waals surface area contributed by atoms with Gasteiger partial charge in [0.05, 0.1) is 17.2 Å². The minimum Gasteiger partial charge on any atom is -0.327 e. The minimum atomic E-state index is -0.370. The highest BCUT2D eigenvalue weighted by Gasteiger charge is 2.08. The van der Waals surface area contributed by atoms with Gasteiger partial charge in [-0.15, -0.1) is 0 Å². The Morgan fingerprint density at radius 3 is 2.83 bits per heavy atom. The van der Waals surface area contributed by atoms with Crippen LogP contribution in [-0.4, -0.2) is 20.4 Å². The van der Waals surface area contributed by atoms with Crippen molar-refractivity contribution in [1.82, 2.24) is 14.5 Å². The smallest absolute Gasteiger partial charge is 0.271 e. The number of benzene rings is 1. The Kier molecular flexibility index (Phi) is 4.01. The fourth-order valence-corrected chi connectivity index (χ4v) is 2.22. The topological polar surface area (TPSA) is 96.8 Å². The number of anilines is 1. The summed E-state index contributed by atoms with van der Waals surface area (Å²) in [5.41, 5.74) is 0.238. The first kappa shape index (κ1) is 14.7. The zero-order valence-electron chi connectivity index (χ0n) is 12.2. The average Bonchev–Trinajstić information content (AvgIpc) is 2.57. The van der Waals surface area contributed by atoms with E-state index in [4.69, 9.17) is 0 Å². The van der Waals surface area contributed by atoms with Gasteiger partial charge >= 0.3 is 0 Å². The van der Waals surface area contributed by atoms with Crippen molar-refractivity contribution in [1.29, 1.82) is 0 Å². The first-order valence-corrected chi connectivity index (χ1v) is 7.07. The number of H-pyrrole nitrogens is 1.